The van der Waals surface area contributed by atoms with Gasteiger partial charge < -0.3 is 11.1 Å². The maximum Gasteiger partial charge on any atom is 0.229 e. The van der Waals surface area contributed by atoms with E-state index in [9.17, 15) is 14.4 Å². The van der Waals surface area contributed by atoms with Gasteiger partial charge in [-0.3, -0.25) is 19.3 Å². The van der Waals surface area contributed by atoms with Crippen molar-refractivity contribution in [1.29, 1.82) is 0 Å². The van der Waals surface area contributed by atoms with Crippen LogP contribution in [0.25, 0.3) is 0 Å². The Morgan fingerprint density at radius 2 is 1.84 bits per heavy atom. The van der Waals surface area contributed by atoms with E-state index >= 15 is 0 Å². The molecule has 0 radical (unpaired) electrons. The van der Waals surface area contributed by atoms with Crippen molar-refractivity contribution in [1.82, 2.24) is 4.90 Å². The normalized spacial score (nSPS) is 26.8. The fourth-order valence-electron chi connectivity index (χ4n) is 3.69. The van der Waals surface area contributed by atoms with Crippen molar-refractivity contribution >= 4 is 23.4 Å². The smallest absolute Gasteiger partial charge is 0.229 e. The summed E-state index contributed by atoms with van der Waals surface area (Å²) >= 11 is 0. The molecule has 3 amide bonds. The number of hydrogen-bond acceptors (Lipinski definition) is 4. The molecule has 1 saturated heterocycles. The van der Waals surface area contributed by atoms with Crippen LogP contribution in [-0.4, -0.2) is 28.2 Å². The zero-order chi connectivity index (χ0) is 18.0. The third kappa shape index (κ3) is 3.90. The Balaban J connectivity index is 1.61. The third-order valence-corrected chi connectivity index (χ3v) is 5.29. The number of likely N-dealkylation sites (tertiary alicyclic amines) is 1. The number of hydrogen-bond donors (Lipinski definition) is 2. The van der Waals surface area contributed by atoms with Gasteiger partial charge in [-0.15, -0.1) is 0 Å². The molecule has 2 aliphatic rings. The Labute approximate surface area is 147 Å². The zero-order valence-corrected chi connectivity index (χ0v) is 14.6. The Hall–Kier alpha value is -2.21. The molecule has 3 N–H and O–H groups in total. The fraction of sp³-hybridized carbons (Fsp3) is 0.526. The van der Waals surface area contributed by atoms with E-state index in [0.29, 0.717) is 18.5 Å². The average Bonchev–Trinajstić information content (AvgIpc) is 2.88. The lowest BCUT2D eigenvalue weighted by atomic mass is 9.74. The minimum Gasteiger partial charge on any atom is -0.326 e. The molecule has 2 atom stereocenters. The highest BCUT2D eigenvalue weighted by molar-refractivity contribution is 6.01. The van der Waals surface area contributed by atoms with Gasteiger partial charge in [-0.1, -0.05) is 25.0 Å². The Bertz CT molecular complexity index is 666. The molecule has 6 nitrogen and oxygen atoms in total. The topological polar surface area (TPSA) is 92.5 Å². The van der Waals surface area contributed by atoms with Crippen LogP contribution in [0.1, 0.15) is 51.0 Å². The molecule has 1 heterocycles. The van der Waals surface area contributed by atoms with Crippen molar-refractivity contribution < 1.29 is 14.4 Å². The standard InChI is InChI=1S/C19H25N3O3/c1-19(20)11-3-2-4-15(19)18(25)21-14-7-5-13(6-8-14)12-22-16(23)9-10-17(22)24/h5-8,15H,2-4,9-12,20H2,1H3,(H,21,25). The molecular formula is C19H25N3O3. The molecule has 0 aromatic heterocycles. The monoisotopic (exact) mass is 343 g/mol. The van der Waals surface area contributed by atoms with E-state index in [1.807, 2.05) is 19.1 Å². The average molecular weight is 343 g/mol. The van der Waals surface area contributed by atoms with Gasteiger partial charge in [0.1, 0.15) is 0 Å². The molecule has 1 aromatic rings. The molecule has 1 aliphatic heterocycles. The largest absolute Gasteiger partial charge is 0.326 e. The van der Waals surface area contributed by atoms with Crippen molar-refractivity contribution in [3.8, 4) is 0 Å². The van der Waals surface area contributed by atoms with Crippen LogP contribution >= 0.6 is 0 Å². The number of nitrogens with zero attached hydrogens (tertiary/aromatic N) is 1. The van der Waals surface area contributed by atoms with Crippen molar-refractivity contribution in [3.05, 3.63) is 29.8 Å². The first kappa shape index (κ1) is 17.6. The second-order valence-corrected chi connectivity index (χ2v) is 7.36. The second-order valence-electron chi connectivity index (χ2n) is 7.36. The molecule has 1 aromatic carbocycles. The summed E-state index contributed by atoms with van der Waals surface area (Å²) < 4.78 is 0. The summed E-state index contributed by atoms with van der Waals surface area (Å²) in [7, 11) is 0. The van der Waals surface area contributed by atoms with Gasteiger partial charge in [0, 0.05) is 24.1 Å². The van der Waals surface area contributed by atoms with Crippen LogP contribution in [0.15, 0.2) is 24.3 Å². The third-order valence-electron chi connectivity index (χ3n) is 5.29. The van der Waals surface area contributed by atoms with Crippen LogP contribution in [0.5, 0.6) is 0 Å². The van der Waals surface area contributed by atoms with Gasteiger partial charge in [-0.2, -0.15) is 0 Å². The van der Waals surface area contributed by atoms with E-state index in [1.54, 1.807) is 12.1 Å². The number of carbonyl (C=O) groups is 3. The summed E-state index contributed by atoms with van der Waals surface area (Å²) in [4.78, 5) is 37.2. The minimum absolute atomic E-state index is 0.0395. The maximum absolute atomic E-state index is 12.5. The molecule has 3 rings (SSSR count). The predicted octanol–water partition coefficient (Wildman–Crippen LogP) is 2.18. The lowest BCUT2D eigenvalue weighted by molar-refractivity contribution is -0.139. The van der Waals surface area contributed by atoms with Gasteiger partial charge in [-0.05, 0) is 37.5 Å². The minimum atomic E-state index is -0.460. The molecule has 25 heavy (non-hydrogen) atoms. The number of anilines is 1. The number of nitrogens with one attached hydrogen (secondary N) is 1. The molecule has 2 fully saturated rings. The van der Waals surface area contributed by atoms with E-state index in [-0.39, 0.29) is 30.2 Å². The first-order valence-corrected chi connectivity index (χ1v) is 8.89. The molecule has 0 bridgehead atoms. The van der Waals surface area contributed by atoms with Crippen molar-refractivity contribution in [2.75, 3.05) is 5.32 Å². The van der Waals surface area contributed by atoms with Crippen LogP contribution in [0.2, 0.25) is 0 Å². The summed E-state index contributed by atoms with van der Waals surface area (Å²) in [5.41, 5.74) is 7.40. The first-order chi connectivity index (χ1) is 11.9. The van der Waals surface area contributed by atoms with Gasteiger partial charge in [0.2, 0.25) is 17.7 Å². The van der Waals surface area contributed by atoms with Crippen LogP contribution < -0.4 is 11.1 Å². The number of nitrogens with two attached hydrogens (primary N) is 1. The Morgan fingerprint density at radius 3 is 2.44 bits per heavy atom. The molecule has 1 aliphatic carbocycles. The van der Waals surface area contributed by atoms with Crippen LogP contribution in [0.3, 0.4) is 0 Å². The molecular weight excluding hydrogens is 318 g/mol. The van der Waals surface area contributed by atoms with E-state index in [0.717, 1.165) is 31.2 Å². The van der Waals surface area contributed by atoms with Gasteiger partial charge in [0.25, 0.3) is 0 Å². The van der Waals surface area contributed by atoms with Gasteiger partial charge in [0.05, 0.1) is 12.5 Å². The summed E-state index contributed by atoms with van der Waals surface area (Å²) in [6, 6.07) is 7.26. The number of rotatable bonds is 4. The van der Waals surface area contributed by atoms with E-state index in [2.05, 4.69) is 5.32 Å². The number of carbonyl (C=O) groups excluding carboxylic acids is 3. The van der Waals surface area contributed by atoms with Gasteiger partial charge in [0.15, 0.2) is 0 Å². The number of imide groups is 1. The van der Waals surface area contributed by atoms with Crippen LogP contribution in [0, 0.1) is 5.92 Å². The first-order valence-electron chi connectivity index (χ1n) is 8.89. The summed E-state index contributed by atoms with van der Waals surface area (Å²) in [6.07, 6.45) is 4.37. The summed E-state index contributed by atoms with van der Waals surface area (Å²) in [5, 5.41) is 2.94. The fourth-order valence-corrected chi connectivity index (χ4v) is 3.69. The molecule has 1 saturated carbocycles. The van der Waals surface area contributed by atoms with Gasteiger partial charge >= 0.3 is 0 Å². The highest BCUT2D eigenvalue weighted by Crippen LogP contribution is 2.32. The highest BCUT2D eigenvalue weighted by atomic mass is 16.2. The van der Waals surface area contributed by atoms with E-state index < -0.39 is 5.54 Å². The lowest BCUT2D eigenvalue weighted by Gasteiger charge is -2.37. The molecule has 134 valence electrons. The molecule has 2 unspecified atom stereocenters. The van der Waals surface area contributed by atoms with Crippen LogP contribution in [0.4, 0.5) is 5.69 Å². The van der Waals surface area contributed by atoms with Gasteiger partial charge in [-0.25, -0.2) is 0 Å². The summed E-state index contributed by atoms with van der Waals surface area (Å²) in [5.74, 6) is -0.466. The predicted molar refractivity (Wildman–Crippen MR) is 94.4 cm³/mol. The quantitative estimate of drug-likeness (QED) is 0.820. The Morgan fingerprint density at radius 1 is 1.20 bits per heavy atom. The molecule has 0 spiro atoms. The Kier molecular flexibility index (Phi) is 4.90. The van der Waals surface area contributed by atoms with Crippen molar-refractivity contribution in [2.24, 2.45) is 11.7 Å². The maximum atomic E-state index is 12.5. The highest BCUT2D eigenvalue weighted by Gasteiger charge is 2.37. The van der Waals surface area contributed by atoms with Crippen molar-refractivity contribution in [2.45, 2.75) is 57.5 Å². The zero-order valence-electron chi connectivity index (χ0n) is 14.6. The number of amides is 3. The van der Waals surface area contributed by atoms with Crippen molar-refractivity contribution in [3.63, 3.8) is 0 Å². The van der Waals surface area contributed by atoms with Crippen LogP contribution in [-0.2, 0) is 20.9 Å². The number of benzene rings is 1. The van der Waals surface area contributed by atoms with E-state index in [1.165, 1.54) is 4.90 Å². The summed E-state index contributed by atoms with van der Waals surface area (Å²) in [6.45, 7) is 2.24. The molecule has 6 heteroatoms. The van der Waals surface area contributed by atoms with E-state index in [4.69, 9.17) is 5.73 Å². The SMILES string of the molecule is CC1(N)CCCCC1C(=O)Nc1ccc(CN2C(=O)CCC2=O)cc1. The second kappa shape index (κ2) is 6.96. The lowest BCUT2D eigenvalue weighted by Crippen LogP contribution is -2.51.